The van der Waals surface area contributed by atoms with Gasteiger partial charge in [0, 0.05) is 11.6 Å². The number of hydrogen-bond donors (Lipinski definition) is 0. The van der Waals surface area contributed by atoms with Gasteiger partial charge in [0.15, 0.2) is 6.61 Å². The second kappa shape index (κ2) is 10.9. The first-order valence-corrected chi connectivity index (χ1v) is 9.09. The largest absolute Gasteiger partial charge is 0.489 e. The molecule has 24 heavy (non-hydrogen) atoms. The SMILES string of the molecule is CC(C)=NOCCOc1c(Cl)cc(OC/C=C(\Cl)Br)cc1C(C)C. The summed E-state index contributed by atoms with van der Waals surface area (Å²) >= 11 is 15.2. The summed E-state index contributed by atoms with van der Waals surface area (Å²) in [7, 11) is 0. The van der Waals surface area contributed by atoms with E-state index in [1.165, 1.54) is 0 Å². The van der Waals surface area contributed by atoms with Gasteiger partial charge in [0.05, 0.1) is 14.7 Å². The van der Waals surface area contributed by atoms with E-state index in [-0.39, 0.29) is 5.92 Å². The van der Waals surface area contributed by atoms with E-state index in [1.54, 1.807) is 12.1 Å². The first kappa shape index (κ1) is 21.1. The van der Waals surface area contributed by atoms with Gasteiger partial charge in [-0.3, -0.25) is 0 Å². The van der Waals surface area contributed by atoms with Crippen LogP contribution in [0.15, 0.2) is 27.3 Å². The molecule has 0 unspecified atom stereocenters. The van der Waals surface area contributed by atoms with Crippen molar-refractivity contribution < 1.29 is 14.3 Å². The summed E-state index contributed by atoms with van der Waals surface area (Å²) in [5, 5.41) is 4.36. The molecular formula is C17H22BrCl2NO3. The normalized spacial score (nSPS) is 11.4. The lowest BCUT2D eigenvalue weighted by molar-refractivity contribution is 0.106. The standard InChI is InChI=1S/C17H22BrCl2NO3/c1-11(2)14-9-13(22-6-5-16(18)20)10-15(19)17(14)23-7-8-24-21-12(3)4/h5,9-11H,6-8H2,1-4H3/b16-5-. The predicted molar refractivity (Wildman–Crippen MR) is 104 cm³/mol. The average molecular weight is 439 g/mol. The van der Waals surface area contributed by atoms with E-state index in [0.717, 1.165) is 11.3 Å². The first-order chi connectivity index (χ1) is 11.3. The number of benzene rings is 1. The molecule has 4 nitrogen and oxygen atoms in total. The smallest absolute Gasteiger partial charge is 0.151 e. The zero-order chi connectivity index (χ0) is 18.1. The Morgan fingerprint density at radius 3 is 2.54 bits per heavy atom. The Kier molecular flexibility index (Phi) is 9.56. The topological polar surface area (TPSA) is 40.0 Å². The van der Waals surface area contributed by atoms with E-state index in [0.29, 0.717) is 40.3 Å². The Labute approximate surface area is 161 Å². The van der Waals surface area contributed by atoms with Crippen molar-refractivity contribution in [3.63, 3.8) is 0 Å². The van der Waals surface area contributed by atoms with E-state index in [4.69, 9.17) is 37.5 Å². The Balaban J connectivity index is 2.80. The summed E-state index contributed by atoms with van der Waals surface area (Å²) in [6, 6.07) is 3.66. The summed E-state index contributed by atoms with van der Waals surface area (Å²) in [5.41, 5.74) is 1.83. The van der Waals surface area contributed by atoms with Gasteiger partial charge in [-0.25, -0.2) is 0 Å². The molecule has 0 fully saturated rings. The molecule has 1 rings (SSSR count). The first-order valence-electron chi connectivity index (χ1n) is 7.54. The molecule has 134 valence electrons. The van der Waals surface area contributed by atoms with Crippen LogP contribution in [0.1, 0.15) is 39.2 Å². The van der Waals surface area contributed by atoms with Gasteiger partial charge in [0.2, 0.25) is 0 Å². The third-order valence-corrected chi connectivity index (χ3v) is 3.58. The lowest BCUT2D eigenvalue weighted by atomic mass is 10.0. The summed E-state index contributed by atoms with van der Waals surface area (Å²) in [4.78, 5) is 5.13. The molecule has 7 heteroatoms. The molecule has 0 amide bonds. The maximum atomic E-state index is 6.36. The number of rotatable bonds is 9. The van der Waals surface area contributed by atoms with Crippen LogP contribution in [-0.2, 0) is 4.84 Å². The molecular weight excluding hydrogens is 417 g/mol. The Bertz CT molecular complexity index is 596. The third-order valence-electron chi connectivity index (χ3n) is 2.82. The van der Waals surface area contributed by atoms with Crippen molar-refractivity contribution >= 4 is 44.8 Å². The van der Waals surface area contributed by atoms with E-state index in [2.05, 4.69) is 34.9 Å². The molecule has 0 heterocycles. The van der Waals surface area contributed by atoms with Gasteiger partial charge < -0.3 is 14.3 Å². The molecule has 0 spiro atoms. The van der Waals surface area contributed by atoms with E-state index >= 15 is 0 Å². The second-order valence-corrected chi connectivity index (χ2v) is 7.63. The van der Waals surface area contributed by atoms with Gasteiger partial charge in [0.25, 0.3) is 0 Å². The second-order valence-electron chi connectivity index (χ2n) is 5.50. The molecule has 0 aliphatic heterocycles. The minimum atomic E-state index is 0.230. The van der Waals surface area contributed by atoms with Crippen LogP contribution in [0.25, 0.3) is 0 Å². The van der Waals surface area contributed by atoms with Crippen molar-refractivity contribution in [2.24, 2.45) is 5.16 Å². The van der Waals surface area contributed by atoms with Crippen LogP contribution in [0.5, 0.6) is 11.5 Å². The van der Waals surface area contributed by atoms with Crippen molar-refractivity contribution in [2.75, 3.05) is 19.8 Å². The van der Waals surface area contributed by atoms with Gasteiger partial charge in [-0.2, -0.15) is 0 Å². The highest BCUT2D eigenvalue weighted by molar-refractivity contribution is 9.12. The van der Waals surface area contributed by atoms with E-state index in [1.807, 2.05) is 19.9 Å². The highest BCUT2D eigenvalue weighted by Crippen LogP contribution is 2.37. The Morgan fingerprint density at radius 2 is 1.96 bits per heavy atom. The molecule has 0 saturated carbocycles. The summed E-state index contributed by atoms with van der Waals surface area (Å²) < 4.78 is 11.9. The fourth-order valence-corrected chi connectivity index (χ4v) is 2.28. The van der Waals surface area contributed by atoms with E-state index in [9.17, 15) is 0 Å². The van der Waals surface area contributed by atoms with Crippen LogP contribution in [0.3, 0.4) is 0 Å². The van der Waals surface area contributed by atoms with Gasteiger partial charge in [-0.15, -0.1) is 0 Å². The minimum Gasteiger partial charge on any atom is -0.489 e. The van der Waals surface area contributed by atoms with Crippen molar-refractivity contribution in [1.29, 1.82) is 0 Å². The minimum absolute atomic E-state index is 0.230. The Hall–Kier alpha value is -0.910. The van der Waals surface area contributed by atoms with Crippen LogP contribution in [-0.4, -0.2) is 25.5 Å². The number of oxime groups is 1. The highest BCUT2D eigenvalue weighted by atomic mass is 79.9. The molecule has 0 saturated heterocycles. The third kappa shape index (κ3) is 7.77. The number of halogens is 3. The van der Waals surface area contributed by atoms with Gasteiger partial charge in [0.1, 0.15) is 24.7 Å². The van der Waals surface area contributed by atoms with E-state index < -0.39 is 0 Å². The predicted octanol–water partition coefficient (Wildman–Crippen LogP) is 6.11. The van der Waals surface area contributed by atoms with Crippen molar-refractivity contribution in [3.05, 3.63) is 32.7 Å². The fraction of sp³-hybridized carbons (Fsp3) is 0.471. The van der Waals surface area contributed by atoms with Crippen LogP contribution in [0.2, 0.25) is 5.02 Å². The summed E-state index contributed by atoms with van der Waals surface area (Å²) in [6.07, 6.45) is 1.71. The van der Waals surface area contributed by atoms with Crippen molar-refractivity contribution in [2.45, 2.75) is 33.6 Å². The zero-order valence-corrected chi connectivity index (χ0v) is 17.3. The molecule has 0 bridgehead atoms. The quantitative estimate of drug-likeness (QED) is 0.265. The van der Waals surface area contributed by atoms with Crippen LogP contribution in [0, 0.1) is 0 Å². The lowest BCUT2D eigenvalue weighted by Crippen LogP contribution is -2.08. The number of nitrogens with zero attached hydrogens (tertiary/aromatic N) is 1. The lowest BCUT2D eigenvalue weighted by Gasteiger charge is -2.17. The fourth-order valence-electron chi connectivity index (χ4n) is 1.81. The molecule has 0 N–H and O–H groups in total. The average Bonchev–Trinajstić information content (AvgIpc) is 2.47. The molecule has 1 aromatic rings. The monoisotopic (exact) mass is 437 g/mol. The highest BCUT2D eigenvalue weighted by Gasteiger charge is 2.15. The maximum absolute atomic E-state index is 6.36. The molecule has 0 atom stereocenters. The molecule has 0 aromatic heterocycles. The van der Waals surface area contributed by atoms with Gasteiger partial charge in [-0.1, -0.05) is 42.2 Å². The molecule has 0 aliphatic carbocycles. The molecule has 0 radical (unpaired) electrons. The number of ether oxygens (including phenoxy) is 2. The van der Waals surface area contributed by atoms with Gasteiger partial charge in [-0.05, 0) is 47.8 Å². The number of hydrogen-bond acceptors (Lipinski definition) is 4. The van der Waals surface area contributed by atoms with Crippen LogP contribution >= 0.6 is 39.1 Å². The zero-order valence-electron chi connectivity index (χ0n) is 14.2. The summed E-state index contributed by atoms with van der Waals surface area (Å²) in [6.45, 7) is 8.93. The van der Waals surface area contributed by atoms with Crippen LogP contribution in [0.4, 0.5) is 0 Å². The molecule has 0 aliphatic rings. The van der Waals surface area contributed by atoms with Crippen molar-refractivity contribution in [1.82, 2.24) is 0 Å². The van der Waals surface area contributed by atoms with Crippen LogP contribution < -0.4 is 9.47 Å². The van der Waals surface area contributed by atoms with Gasteiger partial charge >= 0.3 is 0 Å². The Morgan fingerprint density at radius 1 is 1.25 bits per heavy atom. The maximum Gasteiger partial charge on any atom is 0.151 e. The van der Waals surface area contributed by atoms with Crippen molar-refractivity contribution in [3.8, 4) is 11.5 Å². The molecule has 1 aromatic carbocycles. The summed E-state index contributed by atoms with van der Waals surface area (Å²) in [5.74, 6) is 1.54.